The maximum atomic E-state index is 12.5. The van der Waals surface area contributed by atoms with Crippen LogP contribution in [0.3, 0.4) is 0 Å². The zero-order valence-corrected chi connectivity index (χ0v) is 21.7. The molecule has 0 radical (unpaired) electrons. The molecular formula is C28H47NO5. The van der Waals surface area contributed by atoms with E-state index < -0.39 is 5.97 Å². The van der Waals surface area contributed by atoms with Gasteiger partial charge in [-0.05, 0) is 104 Å². The fourth-order valence-corrected chi connectivity index (χ4v) is 9.31. The Morgan fingerprint density at radius 2 is 1.65 bits per heavy atom. The average molecular weight is 478 g/mol. The lowest BCUT2D eigenvalue weighted by Crippen LogP contribution is -2.58. The highest BCUT2D eigenvalue weighted by Crippen LogP contribution is 2.68. The SMILES string of the molecule is C[C@H](CCC(=O)N(C)CCC(=O)O)[C@H]1CCC2[C@H]3C(CC[C@@]21C)[C@@]1(C)CC[C@@H](O)C[C@H]1C[C@@H]3O. The summed E-state index contributed by atoms with van der Waals surface area (Å²) in [5.41, 5.74) is 0.471. The molecule has 0 aliphatic heterocycles. The van der Waals surface area contributed by atoms with Crippen molar-refractivity contribution in [3.8, 4) is 0 Å². The zero-order chi connectivity index (χ0) is 24.8. The molecule has 4 aliphatic rings. The van der Waals surface area contributed by atoms with Crippen LogP contribution in [0.1, 0.15) is 91.4 Å². The highest BCUT2D eigenvalue weighted by atomic mass is 16.4. The Morgan fingerprint density at radius 1 is 0.971 bits per heavy atom. The van der Waals surface area contributed by atoms with Gasteiger partial charge in [0.25, 0.3) is 0 Å². The number of amides is 1. The van der Waals surface area contributed by atoms with Crippen molar-refractivity contribution in [2.45, 2.75) is 104 Å². The van der Waals surface area contributed by atoms with Crippen molar-refractivity contribution in [2.24, 2.45) is 46.3 Å². The van der Waals surface area contributed by atoms with Crippen molar-refractivity contribution in [3.63, 3.8) is 0 Å². The molecule has 4 fully saturated rings. The summed E-state index contributed by atoms with van der Waals surface area (Å²) >= 11 is 0. The number of hydrogen-bond acceptors (Lipinski definition) is 4. The molecule has 0 aromatic heterocycles. The van der Waals surface area contributed by atoms with E-state index in [2.05, 4.69) is 20.8 Å². The molecule has 34 heavy (non-hydrogen) atoms. The maximum absolute atomic E-state index is 12.5. The van der Waals surface area contributed by atoms with Gasteiger partial charge in [-0.15, -0.1) is 0 Å². The van der Waals surface area contributed by atoms with E-state index >= 15 is 0 Å². The molecule has 4 saturated carbocycles. The minimum atomic E-state index is -0.872. The first-order chi connectivity index (χ1) is 16.0. The topological polar surface area (TPSA) is 98.1 Å². The van der Waals surface area contributed by atoms with Crippen LogP contribution in [0.5, 0.6) is 0 Å². The molecule has 3 N–H and O–H groups in total. The monoisotopic (exact) mass is 477 g/mol. The number of nitrogens with zero attached hydrogens (tertiary/aromatic N) is 1. The summed E-state index contributed by atoms with van der Waals surface area (Å²) in [6.07, 6.45) is 9.31. The van der Waals surface area contributed by atoms with E-state index in [0.29, 0.717) is 41.9 Å². The summed E-state index contributed by atoms with van der Waals surface area (Å²) in [5, 5.41) is 30.5. The second kappa shape index (κ2) is 9.72. The normalized spacial score (nSPS) is 44.5. The number of rotatable bonds is 7. The van der Waals surface area contributed by atoms with E-state index in [1.807, 2.05) is 0 Å². The fourth-order valence-electron chi connectivity index (χ4n) is 9.31. The quantitative estimate of drug-likeness (QED) is 0.507. The van der Waals surface area contributed by atoms with Gasteiger partial charge in [0.2, 0.25) is 5.91 Å². The molecule has 2 unspecified atom stereocenters. The Bertz CT molecular complexity index is 772. The molecule has 0 saturated heterocycles. The first kappa shape index (κ1) is 25.9. The molecule has 0 spiro atoms. The van der Waals surface area contributed by atoms with Crippen molar-refractivity contribution < 1.29 is 24.9 Å². The zero-order valence-electron chi connectivity index (χ0n) is 21.7. The predicted molar refractivity (Wildman–Crippen MR) is 131 cm³/mol. The first-order valence-corrected chi connectivity index (χ1v) is 13.8. The van der Waals surface area contributed by atoms with Crippen LogP contribution in [0, 0.1) is 46.3 Å². The van der Waals surface area contributed by atoms with Crippen molar-refractivity contribution in [1.29, 1.82) is 0 Å². The summed E-state index contributed by atoms with van der Waals surface area (Å²) in [6.45, 7) is 7.49. The van der Waals surface area contributed by atoms with E-state index in [0.717, 1.165) is 32.1 Å². The number of aliphatic hydroxyl groups is 2. The second-order valence-electron chi connectivity index (χ2n) is 12.9. The molecule has 194 valence electrons. The van der Waals surface area contributed by atoms with Crippen LogP contribution in [-0.2, 0) is 9.59 Å². The van der Waals surface area contributed by atoms with Crippen LogP contribution in [0.4, 0.5) is 0 Å². The summed E-state index contributed by atoms with van der Waals surface area (Å²) in [5.74, 6) is 2.10. The molecule has 0 bridgehead atoms. The van der Waals surface area contributed by atoms with Gasteiger partial charge in [-0.2, -0.15) is 0 Å². The molecule has 1 amide bonds. The number of fused-ring (bicyclic) bond motifs is 5. The molecule has 4 rings (SSSR count). The number of carbonyl (C=O) groups excluding carboxylic acids is 1. The van der Waals surface area contributed by atoms with E-state index in [1.54, 1.807) is 11.9 Å². The molecule has 6 heteroatoms. The lowest BCUT2D eigenvalue weighted by molar-refractivity contribution is -0.174. The van der Waals surface area contributed by atoms with Crippen molar-refractivity contribution >= 4 is 11.9 Å². The third-order valence-electron chi connectivity index (χ3n) is 11.3. The second-order valence-corrected chi connectivity index (χ2v) is 12.9. The van der Waals surface area contributed by atoms with Crippen LogP contribution in [0.25, 0.3) is 0 Å². The largest absolute Gasteiger partial charge is 0.481 e. The van der Waals surface area contributed by atoms with E-state index in [9.17, 15) is 19.8 Å². The van der Waals surface area contributed by atoms with Gasteiger partial charge >= 0.3 is 5.97 Å². The van der Waals surface area contributed by atoms with Crippen LogP contribution in [-0.4, -0.2) is 57.9 Å². The molecular weight excluding hydrogens is 430 g/mol. The number of aliphatic hydroxyl groups excluding tert-OH is 2. The van der Waals surface area contributed by atoms with Crippen LogP contribution in [0.2, 0.25) is 0 Å². The molecule has 4 aliphatic carbocycles. The first-order valence-electron chi connectivity index (χ1n) is 13.8. The van der Waals surface area contributed by atoms with Gasteiger partial charge in [0.1, 0.15) is 0 Å². The number of carbonyl (C=O) groups is 2. The Morgan fingerprint density at radius 3 is 2.35 bits per heavy atom. The molecule has 0 heterocycles. The number of hydrogen-bond donors (Lipinski definition) is 3. The molecule has 6 nitrogen and oxygen atoms in total. The fraction of sp³-hybridized carbons (Fsp3) is 0.929. The van der Waals surface area contributed by atoms with Gasteiger partial charge in [0.05, 0.1) is 18.6 Å². The summed E-state index contributed by atoms with van der Waals surface area (Å²) < 4.78 is 0. The predicted octanol–water partition coefficient (Wildman–Crippen LogP) is 4.33. The smallest absolute Gasteiger partial charge is 0.305 e. The van der Waals surface area contributed by atoms with E-state index in [1.165, 1.54) is 25.7 Å². The number of aliphatic carboxylic acids is 1. The summed E-state index contributed by atoms with van der Waals surface area (Å²) in [7, 11) is 1.70. The summed E-state index contributed by atoms with van der Waals surface area (Å²) in [4.78, 5) is 24.9. The number of carboxylic acids is 1. The van der Waals surface area contributed by atoms with Gasteiger partial charge < -0.3 is 20.2 Å². The Labute approximate surface area is 205 Å². The summed E-state index contributed by atoms with van der Waals surface area (Å²) in [6, 6.07) is 0. The minimum Gasteiger partial charge on any atom is -0.481 e. The van der Waals surface area contributed by atoms with Crippen LogP contribution >= 0.6 is 0 Å². The maximum Gasteiger partial charge on any atom is 0.305 e. The van der Waals surface area contributed by atoms with Crippen molar-refractivity contribution in [3.05, 3.63) is 0 Å². The lowest BCUT2D eigenvalue weighted by Gasteiger charge is -2.62. The standard InChI is InChI=1S/C28H47NO5/c1-17(5-8-24(32)29(4)14-11-25(33)34)20-6-7-21-26-22(10-13-28(20,21)3)27(2)12-9-19(30)15-18(27)16-23(26)31/h17-23,26,30-31H,5-16H2,1-4H3,(H,33,34)/t17-,18+,19-,20-,21?,22?,23+,26+,27+,28-/m1/s1. The molecule has 10 atom stereocenters. The van der Waals surface area contributed by atoms with Crippen molar-refractivity contribution in [2.75, 3.05) is 13.6 Å². The average Bonchev–Trinajstić information content (AvgIpc) is 3.14. The van der Waals surface area contributed by atoms with Gasteiger partial charge in [0, 0.05) is 20.0 Å². The van der Waals surface area contributed by atoms with Crippen LogP contribution in [0.15, 0.2) is 0 Å². The van der Waals surface area contributed by atoms with Gasteiger partial charge in [-0.1, -0.05) is 20.8 Å². The lowest BCUT2D eigenvalue weighted by atomic mass is 9.43. The Hall–Kier alpha value is -1.14. The highest BCUT2D eigenvalue weighted by Gasteiger charge is 2.62. The minimum absolute atomic E-state index is 0.0101. The highest BCUT2D eigenvalue weighted by molar-refractivity contribution is 5.76. The Kier molecular flexibility index (Phi) is 7.42. The van der Waals surface area contributed by atoms with E-state index in [4.69, 9.17) is 5.11 Å². The van der Waals surface area contributed by atoms with Gasteiger partial charge in [-0.3, -0.25) is 9.59 Å². The third-order valence-corrected chi connectivity index (χ3v) is 11.3. The van der Waals surface area contributed by atoms with Gasteiger partial charge in [-0.25, -0.2) is 0 Å². The van der Waals surface area contributed by atoms with E-state index in [-0.39, 0.29) is 41.9 Å². The third kappa shape index (κ3) is 4.54. The molecule has 0 aromatic carbocycles. The van der Waals surface area contributed by atoms with Crippen molar-refractivity contribution in [1.82, 2.24) is 4.90 Å². The molecule has 0 aromatic rings. The number of carboxylic acid groups (broad SMARTS) is 1. The van der Waals surface area contributed by atoms with Gasteiger partial charge in [0.15, 0.2) is 0 Å². The van der Waals surface area contributed by atoms with Crippen LogP contribution < -0.4 is 0 Å². The Balaban J connectivity index is 1.41.